The smallest absolute Gasteiger partial charge is 0.318 e. The number of hydrogen-bond donors (Lipinski definition) is 2. The molecule has 0 unspecified atom stereocenters. The predicted molar refractivity (Wildman–Crippen MR) is 108 cm³/mol. The number of amides is 3. The van der Waals surface area contributed by atoms with Crippen molar-refractivity contribution in [2.24, 2.45) is 11.7 Å². The van der Waals surface area contributed by atoms with E-state index in [-0.39, 0.29) is 12.1 Å². The maximum atomic E-state index is 12.6. The Bertz CT molecular complexity index is 898. The standard InChI is InChI=1S/C19H23Cl2N5O2/c1-10-6-12(7-10)23-19(28)25-4-5-26-15(9-25)16(18(22)27)17(24-26)11-2-3-13(20)14(21)8-11/h8,10,12H,2-7,9H2,1H3,(H2,22,27)(H,23,28). The molecular formula is C19H23Cl2N5O2. The molecule has 0 spiro atoms. The number of primary amides is 1. The minimum atomic E-state index is -0.552. The van der Waals surface area contributed by atoms with Gasteiger partial charge in [0.15, 0.2) is 0 Å². The second-order valence-electron chi connectivity index (χ2n) is 7.82. The number of aromatic nitrogens is 2. The van der Waals surface area contributed by atoms with E-state index in [2.05, 4.69) is 17.3 Å². The van der Waals surface area contributed by atoms with E-state index < -0.39 is 5.91 Å². The summed E-state index contributed by atoms with van der Waals surface area (Å²) in [5, 5.41) is 8.74. The largest absolute Gasteiger partial charge is 0.365 e. The molecule has 1 aromatic rings. The first-order valence-electron chi connectivity index (χ1n) is 9.53. The van der Waals surface area contributed by atoms with Gasteiger partial charge in [-0.2, -0.15) is 5.10 Å². The van der Waals surface area contributed by atoms with Crippen molar-refractivity contribution < 1.29 is 9.59 Å². The molecule has 0 saturated heterocycles. The van der Waals surface area contributed by atoms with E-state index in [9.17, 15) is 9.59 Å². The van der Waals surface area contributed by atoms with Gasteiger partial charge in [0, 0.05) is 17.6 Å². The molecule has 2 heterocycles. The molecule has 150 valence electrons. The molecule has 1 aromatic heterocycles. The van der Waals surface area contributed by atoms with E-state index in [1.165, 1.54) is 0 Å². The van der Waals surface area contributed by atoms with Gasteiger partial charge in [-0.1, -0.05) is 30.1 Å². The first-order chi connectivity index (χ1) is 13.3. The van der Waals surface area contributed by atoms with Crippen LogP contribution >= 0.6 is 23.2 Å². The lowest BCUT2D eigenvalue weighted by Crippen LogP contribution is -2.51. The Morgan fingerprint density at radius 3 is 2.64 bits per heavy atom. The Morgan fingerprint density at radius 2 is 2.00 bits per heavy atom. The fourth-order valence-corrected chi connectivity index (χ4v) is 4.49. The molecule has 1 aliphatic heterocycles. The van der Waals surface area contributed by atoms with Gasteiger partial charge in [0.2, 0.25) is 0 Å². The Labute approximate surface area is 173 Å². The number of nitrogens with zero attached hydrogens (tertiary/aromatic N) is 3. The molecule has 0 bridgehead atoms. The molecule has 2 aliphatic carbocycles. The second kappa shape index (κ2) is 7.44. The topological polar surface area (TPSA) is 93.2 Å². The number of carbonyl (C=O) groups excluding carboxylic acids is 2. The molecule has 0 radical (unpaired) electrons. The van der Waals surface area contributed by atoms with Gasteiger partial charge in [0.25, 0.3) is 5.91 Å². The van der Waals surface area contributed by atoms with Crippen molar-refractivity contribution in [2.75, 3.05) is 6.54 Å². The van der Waals surface area contributed by atoms with Crippen LogP contribution in [0.1, 0.15) is 54.4 Å². The van der Waals surface area contributed by atoms with Crippen molar-refractivity contribution >= 4 is 40.7 Å². The minimum Gasteiger partial charge on any atom is -0.365 e. The summed E-state index contributed by atoms with van der Waals surface area (Å²) in [6.07, 6.45) is 5.01. The van der Waals surface area contributed by atoms with Crippen molar-refractivity contribution in [3.63, 3.8) is 0 Å². The van der Waals surface area contributed by atoms with Crippen LogP contribution in [0.25, 0.3) is 5.57 Å². The average molecular weight is 424 g/mol. The average Bonchev–Trinajstić information content (AvgIpc) is 3.01. The van der Waals surface area contributed by atoms with Gasteiger partial charge in [0.05, 0.1) is 29.4 Å². The zero-order valence-electron chi connectivity index (χ0n) is 15.7. The van der Waals surface area contributed by atoms with E-state index in [0.29, 0.717) is 65.4 Å². The lowest BCUT2D eigenvalue weighted by Gasteiger charge is -2.36. The summed E-state index contributed by atoms with van der Waals surface area (Å²) in [6.45, 7) is 3.53. The van der Waals surface area contributed by atoms with Gasteiger partial charge in [-0.15, -0.1) is 0 Å². The summed E-state index contributed by atoms with van der Waals surface area (Å²) in [6, 6.07) is 0.141. The van der Waals surface area contributed by atoms with E-state index >= 15 is 0 Å². The van der Waals surface area contributed by atoms with Crippen LogP contribution in [0.3, 0.4) is 0 Å². The molecule has 4 rings (SSSR count). The third-order valence-corrected chi connectivity index (χ3v) is 6.52. The predicted octanol–water partition coefficient (Wildman–Crippen LogP) is 3.17. The molecule has 1 fully saturated rings. The summed E-state index contributed by atoms with van der Waals surface area (Å²) in [5.41, 5.74) is 8.10. The zero-order chi connectivity index (χ0) is 20.0. The molecule has 3 aliphatic rings. The first-order valence-corrected chi connectivity index (χ1v) is 10.3. The summed E-state index contributed by atoms with van der Waals surface area (Å²) in [4.78, 5) is 26.6. The molecule has 0 atom stereocenters. The van der Waals surface area contributed by atoms with Crippen molar-refractivity contribution in [3.8, 4) is 0 Å². The Kier molecular flexibility index (Phi) is 5.14. The van der Waals surface area contributed by atoms with Crippen LogP contribution in [0.4, 0.5) is 4.79 Å². The molecule has 9 heteroatoms. The number of carbonyl (C=O) groups is 2. The van der Waals surface area contributed by atoms with E-state index in [0.717, 1.165) is 18.4 Å². The minimum absolute atomic E-state index is 0.101. The van der Waals surface area contributed by atoms with Gasteiger partial charge < -0.3 is 16.0 Å². The van der Waals surface area contributed by atoms with Crippen LogP contribution < -0.4 is 11.1 Å². The SMILES string of the molecule is CC1CC(NC(=O)N2CCn3nc(C4=CC(Cl)=C(Cl)CC4)c(C(N)=O)c3C2)C1. The number of nitrogens with two attached hydrogens (primary N) is 1. The number of allylic oxidation sites excluding steroid dienone is 4. The number of hydrogen-bond acceptors (Lipinski definition) is 3. The van der Waals surface area contributed by atoms with Gasteiger partial charge in [0.1, 0.15) is 5.69 Å². The number of rotatable bonds is 3. The highest BCUT2D eigenvalue weighted by Gasteiger charge is 2.33. The van der Waals surface area contributed by atoms with Gasteiger partial charge in [-0.05, 0) is 43.3 Å². The van der Waals surface area contributed by atoms with Crippen molar-refractivity contribution in [3.05, 3.63) is 33.1 Å². The van der Waals surface area contributed by atoms with Crippen LogP contribution in [0.15, 0.2) is 16.1 Å². The Morgan fingerprint density at radius 1 is 1.25 bits per heavy atom. The van der Waals surface area contributed by atoms with Gasteiger partial charge >= 0.3 is 6.03 Å². The maximum Gasteiger partial charge on any atom is 0.318 e. The zero-order valence-corrected chi connectivity index (χ0v) is 17.2. The number of urea groups is 1. The van der Waals surface area contributed by atoms with Crippen molar-refractivity contribution in [1.29, 1.82) is 0 Å². The molecule has 3 amide bonds. The number of halogens is 2. The van der Waals surface area contributed by atoms with E-state index in [4.69, 9.17) is 28.9 Å². The van der Waals surface area contributed by atoms with Gasteiger partial charge in [-0.25, -0.2) is 4.79 Å². The third kappa shape index (κ3) is 3.53. The van der Waals surface area contributed by atoms with Crippen molar-refractivity contribution in [1.82, 2.24) is 20.0 Å². The highest BCUT2D eigenvalue weighted by Crippen LogP contribution is 2.36. The molecule has 7 nitrogen and oxygen atoms in total. The first kappa shape index (κ1) is 19.3. The van der Waals surface area contributed by atoms with E-state index in [1.807, 2.05) is 0 Å². The van der Waals surface area contributed by atoms with Crippen LogP contribution in [-0.2, 0) is 13.1 Å². The van der Waals surface area contributed by atoms with Crippen LogP contribution in [0, 0.1) is 5.92 Å². The summed E-state index contributed by atoms with van der Waals surface area (Å²) in [5.74, 6) is 0.110. The molecule has 3 N–H and O–H groups in total. The Balaban J connectivity index is 1.59. The number of nitrogens with one attached hydrogen (secondary N) is 1. The molecular weight excluding hydrogens is 401 g/mol. The lowest BCUT2D eigenvalue weighted by molar-refractivity contribution is 0.0996. The normalized spacial score (nSPS) is 24.4. The summed E-state index contributed by atoms with van der Waals surface area (Å²) < 4.78 is 1.78. The lowest BCUT2D eigenvalue weighted by atomic mass is 9.82. The van der Waals surface area contributed by atoms with Crippen molar-refractivity contribution in [2.45, 2.75) is 51.7 Å². The molecule has 0 aromatic carbocycles. The van der Waals surface area contributed by atoms with Crippen LogP contribution in [0.5, 0.6) is 0 Å². The summed E-state index contributed by atoms with van der Waals surface area (Å²) in [7, 11) is 0. The van der Waals surface area contributed by atoms with Crippen LogP contribution in [-0.4, -0.2) is 39.2 Å². The Hall–Kier alpha value is -1.99. The maximum absolute atomic E-state index is 12.6. The molecule has 1 saturated carbocycles. The fraction of sp³-hybridized carbons (Fsp3) is 0.526. The highest BCUT2D eigenvalue weighted by molar-refractivity contribution is 6.40. The highest BCUT2D eigenvalue weighted by atomic mass is 35.5. The fourth-order valence-electron chi connectivity index (χ4n) is 4.11. The second-order valence-corrected chi connectivity index (χ2v) is 8.69. The van der Waals surface area contributed by atoms with Crippen LogP contribution in [0.2, 0.25) is 0 Å². The number of fused-ring (bicyclic) bond motifs is 1. The monoisotopic (exact) mass is 423 g/mol. The molecule has 28 heavy (non-hydrogen) atoms. The van der Waals surface area contributed by atoms with E-state index in [1.54, 1.807) is 15.7 Å². The quantitative estimate of drug-likeness (QED) is 0.781. The summed E-state index contributed by atoms with van der Waals surface area (Å²) >= 11 is 12.3. The van der Waals surface area contributed by atoms with Gasteiger partial charge in [-0.3, -0.25) is 9.48 Å². The third-order valence-electron chi connectivity index (χ3n) is 5.69.